The van der Waals surface area contributed by atoms with Gasteiger partial charge in [0.1, 0.15) is 18.3 Å². The molecule has 1 aliphatic heterocycles. The molecule has 18 heavy (non-hydrogen) atoms. The first kappa shape index (κ1) is 13.0. The van der Waals surface area contributed by atoms with E-state index >= 15 is 0 Å². The average Bonchev–Trinajstić information content (AvgIpc) is 2.71. The molecule has 0 saturated carbocycles. The summed E-state index contributed by atoms with van der Waals surface area (Å²) in [5.74, 6) is -0.442. The summed E-state index contributed by atoms with van der Waals surface area (Å²) in [4.78, 5) is 11.8. The van der Waals surface area contributed by atoms with Crippen molar-refractivity contribution in [3.05, 3.63) is 35.9 Å². The van der Waals surface area contributed by atoms with E-state index in [0.717, 1.165) is 0 Å². The van der Waals surface area contributed by atoms with E-state index in [2.05, 4.69) is 0 Å². The van der Waals surface area contributed by atoms with E-state index in [1.165, 1.54) is 0 Å². The molecule has 1 aliphatic rings. The lowest BCUT2D eigenvalue weighted by Gasteiger charge is -2.19. The lowest BCUT2D eigenvalue weighted by atomic mass is 10.1. The fourth-order valence-electron chi connectivity index (χ4n) is 1.87. The molecule has 0 radical (unpaired) electrons. The Kier molecular flexibility index (Phi) is 3.96. The predicted octanol–water partition coefficient (Wildman–Crippen LogP) is 0.700. The fourth-order valence-corrected chi connectivity index (χ4v) is 1.87. The van der Waals surface area contributed by atoms with Gasteiger partial charge in [0.25, 0.3) is 0 Å². The van der Waals surface area contributed by atoms with Crippen LogP contribution in [0.25, 0.3) is 0 Å². The Morgan fingerprint density at radius 1 is 1.39 bits per heavy atom. The highest BCUT2D eigenvalue weighted by Crippen LogP contribution is 2.23. The van der Waals surface area contributed by atoms with Crippen LogP contribution in [0, 0.1) is 0 Å². The molecule has 98 valence electrons. The zero-order chi connectivity index (χ0) is 13.1. The minimum atomic E-state index is -1.20. The van der Waals surface area contributed by atoms with Crippen LogP contribution < -0.4 is 0 Å². The second kappa shape index (κ2) is 5.48. The number of carbonyl (C=O) groups is 1. The van der Waals surface area contributed by atoms with Crippen LogP contribution in [0.2, 0.25) is 0 Å². The molecule has 2 rings (SSSR count). The first-order chi connectivity index (χ1) is 8.58. The van der Waals surface area contributed by atoms with E-state index in [1.54, 1.807) is 31.2 Å². The number of rotatable bonds is 3. The number of hydrogen-bond acceptors (Lipinski definition) is 5. The highest BCUT2D eigenvalue weighted by atomic mass is 16.6. The molecule has 0 aromatic heterocycles. The lowest BCUT2D eigenvalue weighted by molar-refractivity contribution is -0.144. The van der Waals surface area contributed by atoms with Crippen LogP contribution in [0.1, 0.15) is 23.7 Å². The number of aliphatic hydroxyl groups is 2. The van der Waals surface area contributed by atoms with Crippen molar-refractivity contribution in [2.24, 2.45) is 0 Å². The van der Waals surface area contributed by atoms with E-state index in [0.29, 0.717) is 5.56 Å². The molecular weight excluding hydrogens is 236 g/mol. The number of esters is 1. The molecule has 0 spiro atoms. The summed E-state index contributed by atoms with van der Waals surface area (Å²) < 4.78 is 10.3. The van der Waals surface area contributed by atoms with Gasteiger partial charge in [-0.15, -0.1) is 0 Å². The van der Waals surface area contributed by atoms with Crippen molar-refractivity contribution >= 4 is 5.97 Å². The van der Waals surface area contributed by atoms with Crippen molar-refractivity contribution in [3.63, 3.8) is 0 Å². The van der Waals surface area contributed by atoms with Crippen LogP contribution in [0.5, 0.6) is 0 Å². The van der Waals surface area contributed by atoms with Crippen LogP contribution in [-0.4, -0.2) is 40.8 Å². The number of aliphatic hydroxyl groups excluding tert-OH is 2. The van der Waals surface area contributed by atoms with Crippen molar-refractivity contribution in [2.75, 3.05) is 0 Å². The zero-order valence-electron chi connectivity index (χ0n) is 10.0. The summed E-state index contributed by atoms with van der Waals surface area (Å²) in [5, 5.41) is 18.6. The molecular formula is C13H16O5. The molecule has 5 nitrogen and oxygen atoms in total. The second-order valence-corrected chi connectivity index (χ2v) is 4.34. The molecule has 2 N–H and O–H groups in total. The van der Waals surface area contributed by atoms with E-state index < -0.39 is 30.6 Å². The van der Waals surface area contributed by atoms with Gasteiger partial charge in [-0.05, 0) is 19.1 Å². The molecule has 0 bridgehead atoms. The standard InChI is InChI=1S/C13H16O5/c1-8(11-7-10(14)13(16)18-11)17-12(15)9-5-3-2-4-6-9/h2-6,8,10-11,13-14,16H,7H2,1H3/t8?,10-,11-,13?/m0/s1. The first-order valence-corrected chi connectivity index (χ1v) is 5.85. The maximum absolute atomic E-state index is 11.8. The van der Waals surface area contributed by atoms with Crippen LogP contribution in [0.3, 0.4) is 0 Å². The normalized spacial score (nSPS) is 28.9. The quantitative estimate of drug-likeness (QED) is 0.774. The smallest absolute Gasteiger partial charge is 0.338 e. The molecule has 0 aliphatic carbocycles. The van der Waals surface area contributed by atoms with Gasteiger partial charge in [-0.25, -0.2) is 4.79 Å². The van der Waals surface area contributed by atoms with Gasteiger partial charge >= 0.3 is 5.97 Å². The van der Waals surface area contributed by atoms with Gasteiger partial charge in [0.15, 0.2) is 6.29 Å². The Bertz CT molecular complexity index is 395. The predicted molar refractivity (Wildman–Crippen MR) is 62.8 cm³/mol. The minimum Gasteiger partial charge on any atom is -0.456 e. The van der Waals surface area contributed by atoms with E-state index in [1.807, 2.05) is 6.07 Å². The lowest BCUT2D eigenvalue weighted by Crippen LogP contribution is -2.29. The summed E-state index contributed by atoms with van der Waals surface area (Å²) in [6, 6.07) is 8.64. The second-order valence-electron chi connectivity index (χ2n) is 4.34. The summed E-state index contributed by atoms with van der Waals surface area (Å²) in [7, 11) is 0. The zero-order valence-corrected chi connectivity index (χ0v) is 10.0. The van der Waals surface area contributed by atoms with E-state index in [4.69, 9.17) is 9.47 Å². The van der Waals surface area contributed by atoms with Crippen molar-refractivity contribution in [3.8, 4) is 0 Å². The molecule has 1 saturated heterocycles. The molecule has 1 aromatic rings. The number of carbonyl (C=O) groups excluding carboxylic acids is 1. The third-order valence-electron chi connectivity index (χ3n) is 2.94. The van der Waals surface area contributed by atoms with Gasteiger partial charge in [0.2, 0.25) is 0 Å². The molecule has 5 heteroatoms. The third kappa shape index (κ3) is 2.87. The molecule has 1 aromatic carbocycles. The van der Waals surface area contributed by atoms with Crippen LogP contribution in [0.4, 0.5) is 0 Å². The maximum Gasteiger partial charge on any atom is 0.338 e. The Morgan fingerprint density at radius 3 is 2.61 bits per heavy atom. The van der Waals surface area contributed by atoms with E-state index in [-0.39, 0.29) is 6.42 Å². The van der Waals surface area contributed by atoms with Crippen LogP contribution in [-0.2, 0) is 9.47 Å². The number of ether oxygens (including phenoxy) is 2. The molecule has 4 atom stereocenters. The Morgan fingerprint density at radius 2 is 2.06 bits per heavy atom. The summed E-state index contributed by atoms with van der Waals surface area (Å²) in [6.07, 6.45) is -2.88. The molecule has 0 amide bonds. The Labute approximate surface area is 105 Å². The van der Waals surface area contributed by atoms with Gasteiger partial charge in [-0.3, -0.25) is 0 Å². The van der Waals surface area contributed by atoms with Crippen molar-refractivity contribution in [1.82, 2.24) is 0 Å². The van der Waals surface area contributed by atoms with Crippen molar-refractivity contribution in [2.45, 2.75) is 37.9 Å². The highest BCUT2D eigenvalue weighted by Gasteiger charge is 2.37. The average molecular weight is 252 g/mol. The molecule has 2 unspecified atom stereocenters. The maximum atomic E-state index is 11.8. The monoisotopic (exact) mass is 252 g/mol. The molecule has 1 heterocycles. The van der Waals surface area contributed by atoms with Crippen molar-refractivity contribution < 1.29 is 24.5 Å². The van der Waals surface area contributed by atoms with Gasteiger partial charge in [-0.2, -0.15) is 0 Å². The Balaban J connectivity index is 1.92. The van der Waals surface area contributed by atoms with Crippen LogP contribution in [0.15, 0.2) is 30.3 Å². The van der Waals surface area contributed by atoms with Crippen LogP contribution >= 0.6 is 0 Å². The number of hydrogen-bond donors (Lipinski definition) is 2. The largest absolute Gasteiger partial charge is 0.456 e. The SMILES string of the molecule is CC(OC(=O)c1ccccc1)[C@@H]1C[C@H](O)C(O)O1. The first-order valence-electron chi connectivity index (χ1n) is 5.85. The Hall–Kier alpha value is -1.43. The molecule has 1 fully saturated rings. The summed E-state index contributed by atoms with van der Waals surface area (Å²) in [5.41, 5.74) is 0.462. The van der Waals surface area contributed by atoms with Gasteiger partial charge < -0.3 is 19.7 Å². The van der Waals surface area contributed by atoms with Gasteiger partial charge in [0, 0.05) is 6.42 Å². The summed E-state index contributed by atoms with van der Waals surface area (Å²) >= 11 is 0. The van der Waals surface area contributed by atoms with E-state index in [9.17, 15) is 15.0 Å². The third-order valence-corrected chi connectivity index (χ3v) is 2.94. The van der Waals surface area contributed by atoms with Gasteiger partial charge in [-0.1, -0.05) is 18.2 Å². The highest BCUT2D eigenvalue weighted by molar-refractivity contribution is 5.89. The topological polar surface area (TPSA) is 76.0 Å². The number of benzene rings is 1. The summed E-state index contributed by atoms with van der Waals surface area (Å²) in [6.45, 7) is 1.68. The van der Waals surface area contributed by atoms with Gasteiger partial charge in [0.05, 0.1) is 5.56 Å². The van der Waals surface area contributed by atoms with Crippen molar-refractivity contribution in [1.29, 1.82) is 0 Å². The fraction of sp³-hybridized carbons (Fsp3) is 0.462. The minimum absolute atomic E-state index is 0.254.